The largest absolute Gasteiger partial charge is 0.497 e. The molecule has 1 unspecified atom stereocenters. The van der Waals surface area contributed by atoms with Crippen molar-refractivity contribution in [3.05, 3.63) is 53.8 Å². The van der Waals surface area contributed by atoms with Crippen molar-refractivity contribution in [2.24, 2.45) is 0 Å². The van der Waals surface area contributed by atoms with Crippen molar-refractivity contribution in [1.82, 2.24) is 4.31 Å². The first-order chi connectivity index (χ1) is 13.5. The Labute approximate surface area is 166 Å². The lowest BCUT2D eigenvalue weighted by Crippen LogP contribution is -2.54. The molecule has 1 aliphatic heterocycles. The molecular weight excluding hydrogens is 412 g/mol. The second-order valence-electron chi connectivity index (χ2n) is 6.75. The Morgan fingerprint density at radius 1 is 1.10 bits per heavy atom. The van der Waals surface area contributed by atoms with Crippen molar-refractivity contribution in [2.75, 3.05) is 31.6 Å². The van der Waals surface area contributed by atoms with Gasteiger partial charge in [-0.2, -0.15) is 17.5 Å². The van der Waals surface area contributed by atoms with Crippen LogP contribution in [0.15, 0.2) is 47.4 Å². The summed E-state index contributed by atoms with van der Waals surface area (Å²) >= 11 is 0. The lowest BCUT2D eigenvalue weighted by Gasteiger charge is -2.40. The molecule has 1 atom stereocenters. The quantitative estimate of drug-likeness (QED) is 0.691. The first kappa shape index (κ1) is 21.4. The molecule has 1 saturated heterocycles. The Balaban J connectivity index is 1.86. The van der Waals surface area contributed by atoms with Crippen LogP contribution in [0.1, 0.15) is 12.5 Å². The fraction of sp³-hybridized carbons (Fsp3) is 0.368. The van der Waals surface area contributed by atoms with E-state index in [9.17, 15) is 26.0 Å². The third-order valence-electron chi connectivity index (χ3n) is 4.82. The van der Waals surface area contributed by atoms with Gasteiger partial charge in [-0.15, -0.1) is 0 Å². The number of hydrogen-bond acceptors (Lipinski definition) is 4. The van der Waals surface area contributed by atoms with Crippen molar-refractivity contribution >= 4 is 15.7 Å². The Hall–Kier alpha value is -2.33. The highest BCUT2D eigenvalue weighted by molar-refractivity contribution is 7.89. The maximum absolute atomic E-state index is 13.4. The molecule has 2 aromatic rings. The van der Waals surface area contributed by atoms with Crippen LogP contribution in [-0.4, -0.2) is 45.5 Å². The summed E-state index contributed by atoms with van der Waals surface area (Å²) in [5.74, 6) is -0.591. The van der Waals surface area contributed by atoms with Crippen LogP contribution in [0.4, 0.5) is 23.2 Å². The fourth-order valence-corrected chi connectivity index (χ4v) is 5.07. The Bertz CT molecular complexity index is 995. The summed E-state index contributed by atoms with van der Waals surface area (Å²) in [7, 11) is -2.43. The van der Waals surface area contributed by atoms with E-state index in [0.717, 1.165) is 12.1 Å². The monoisotopic (exact) mass is 432 g/mol. The lowest BCUT2D eigenvalue weighted by molar-refractivity contribution is -0.137. The average molecular weight is 432 g/mol. The van der Waals surface area contributed by atoms with Gasteiger partial charge in [0.2, 0.25) is 10.0 Å². The number of anilines is 1. The minimum absolute atomic E-state index is 0.00458. The van der Waals surface area contributed by atoms with Crippen LogP contribution in [0, 0.1) is 5.82 Å². The Kier molecular flexibility index (Phi) is 5.77. The number of methoxy groups -OCH3 is 1. The van der Waals surface area contributed by atoms with Crippen LogP contribution >= 0.6 is 0 Å². The number of ether oxygens (including phenoxy) is 1. The number of sulfonamides is 1. The van der Waals surface area contributed by atoms with E-state index >= 15 is 0 Å². The normalized spacial score (nSPS) is 18.7. The number of nitrogens with zero attached hydrogens (tertiary/aromatic N) is 2. The number of benzene rings is 2. The fourth-order valence-electron chi connectivity index (χ4n) is 3.42. The van der Waals surface area contributed by atoms with Gasteiger partial charge in [0, 0.05) is 37.4 Å². The average Bonchev–Trinajstić information content (AvgIpc) is 2.67. The standard InChI is InChI=1S/C19H20F4N2O3S/c1-13-12-24(18-7-6-14(20)10-17(18)19(21,22)23)8-9-25(13)29(26,27)16-5-3-4-15(11-16)28-2/h3-7,10-11,13H,8-9,12H2,1-2H3. The molecule has 2 aromatic carbocycles. The van der Waals surface area contributed by atoms with E-state index < -0.39 is 33.6 Å². The summed E-state index contributed by atoms with van der Waals surface area (Å²) in [4.78, 5) is 1.49. The zero-order valence-electron chi connectivity index (χ0n) is 15.8. The second-order valence-corrected chi connectivity index (χ2v) is 8.64. The van der Waals surface area contributed by atoms with Crippen molar-refractivity contribution < 1.29 is 30.7 Å². The third kappa shape index (κ3) is 4.32. The highest BCUT2D eigenvalue weighted by Crippen LogP contribution is 2.38. The molecule has 0 radical (unpaired) electrons. The van der Waals surface area contributed by atoms with E-state index in [1.807, 2.05) is 0 Å². The van der Waals surface area contributed by atoms with E-state index in [2.05, 4.69) is 0 Å². The predicted molar refractivity (Wildman–Crippen MR) is 100.0 cm³/mol. The van der Waals surface area contributed by atoms with Gasteiger partial charge in [-0.25, -0.2) is 12.8 Å². The van der Waals surface area contributed by atoms with Gasteiger partial charge in [0.25, 0.3) is 0 Å². The number of halogens is 4. The maximum Gasteiger partial charge on any atom is 0.418 e. The summed E-state index contributed by atoms with van der Waals surface area (Å²) in [5, 5.41) is 0. The molecule has 0 amide bonds. The molecule has 1 heterocycles. The summed E-state index contributed by atoms with van der Waals surface area (Å²) in [6.07, 6.45) is -4.72. The zero-order chi connectivity index (χ0) is 21.4. The summed E-state index contributed by atoms with van der Waals surface area (Å²) < 4.78 is 85.7. The van der Waals surface area contributed by atoms with Crippen LogP contribution in [0.2, 0.25) is 0 Å². The van der Waals surface area contributed by atoms with Crippen molar-refractivity contribution in [1.29, 1.82) is 0 Å². The van der Waals surface area contributed by atoms with E-state index in [1.54, 1.807) is 19.1 Å². The second kappa shape index (κ2) is 7.83. The smallest absolute Gasteiger partial charge is 0.418 e. The molecule has 0 aromatic heterocycles. The highest BCUT2D eigenvalue weighted by atomic mass is 32.2. The minimum Gasteiger partial charge on any atom is -0.497 e. The topological polar surface area (TPSA) is 49.9 Å². The van der Waals surface area contributed by atoms with Gasteiger partial charge in [0.05, 0.1) is 17.6 Å². The van der Waals surface area contributed by atoms with E-state index in [0.29, 0.717) is 11.8 Å². The van der Waals surface area contributed by atoms with Gasteiger partial charge in [-0.05, 0) is 37.3 Å². The van der Waals surface area contributed by atoms with Gasteiger partial charge in [-0.3, -0.25) is 0 Å². The van der Waals surface area contributed by atoms with Crippen LogP contribution in [-0.2, 0) is 16.2 Å². The third-order valence-corrected chi connectivity index (χ3v) is 6.83. The molecule has 0 bridgehead atoms. The van der Waals surface area contributed by atoms with Crippen LogP contribution in [0.3, 0.4) is 0 Å². The van der Waals surface area contributed by atoms with Crippen LogP contribution < -0.4 is 9.64 Å². The number of rotatable bonds is 4. The van der Waals surface area contributed by atoms with E-state index in [1.165, 1.54) is 28.4 Å². The lowest BCUT2D eigenvalue weighted by atomic mass is 10.1. The molecule has 1 fully saturated rings. The molecule has 0 saturated carbocycles. The molecule has 10 heteroatoms. The predicted octanol–water partition coefficient (Wildman–Crippen LogP) is 3.75. The molecule has 5 nitrogen and oxygen atoms in total. The van der Waals surface area contributed by atoms with Crippen LogP contribution in [0.25, 0.3) is 0 Å². The molecule has 0 aliphatic carbocycles. The minimum atomic E-state index is -4.72. The van der Waals surface area contributed by atoms with Crippen molar-refractivity contribution in [2.45, 2.75) is 24.0 Å². The number of alkyl halides is 3. The summed E-state index contributed by atoms with van der Waals surface area (Å²) in [5.41, 5.74) is -1.24. The van der Waals surface area contributed by atoms with Gasteiger partial charge in [-0.1, -0.05) is 6.07 Å². The Morgan fingerprint density at radius 3 is 2.45 bits per heavy atom. The van der Waals surface area contributed by atoms with Gasteiger partial charge >= 0.3 is 6.18 Å². The molecular formula is C19H20F4N2O3S. The molecule has 0 N–H and O–H groups in total. The molecule has 3 rings (SSSR count). The van der Waals surface area contributed by atoms with Crippen molar-refractivity contribution in [3.63, 3.8) is 0 Å². The van der Waals surface area contributed by atoms with Crippen molar-refractivity contribution in [3.8, 4) is 5.75 Å². The molecule has 158 valence electrons. The molecule has 29 heavy (non-hydrogen) atoms. The number of hydrogen-bond donors (Lipinski definition) is 0. The number of piperazine rings is 1. The SMILES string of the molecule is COc1cccc(S(=O)(=O)N2CCN(c3ccc(F)cc3C(F)(F)F)CC2C)c1. The highest BCUT2D eigenvalue weighted by Gasteiger charge is 2.39. The van der Waals surface area contributed by atoms with E-state index in [-0.39, 0.29) is 30.2 Å². The van der Waals surface area contributed by atoms with Gasteiger partial charge < -0.3 is 9.64 Å². The summed E-state index contributed by atoms with van der Waals surface area (Å²) in [6.45, 7) is 1.70. The molecule has 0 spiro atoms. The van der Waals surface area contributed by atoms with Gasteiger partial charge in [0.1, 0.15) is 11.6 Å². The maximum atomic E-state index is 13.4. The first-order valence-electron chi connectivity index (χ1n) is 8.81. The van der Waals surface area contributed by atoms with Crippen LogP contribution in [0.5, 0.6) is 5.75 Å². The zero-order valence-corrected chi connectivity index (χ0v) is 16.6. The Morgan fingerprint density at radius 2 is 1.83 bits per heavy atom. The summed E-state index contributed by atoms with van der Waals surface area (Å²) in [6, 6.07) is 7.93. The van der Waals surface area contributed by atoms with Gasteiger partial charge in [0.15, 0.2) is 0 Å². The van der Waals surface area contributed by atoms with E-state index in [4.69, 9.17) is 4.74 Å². The first-order valence-corrected chi connectivity index (χ1v) is 10.3. The molecule has 1 aliphatic rings.